The van der Waals surface area contributed by atoms with Crippen LogP contribution < -0.4 is 0 Å². The van der Waals surface area contributed by atoms with Gasteiger partial charge in [-0.1, -0.05) is 36.4 Å². The van der Waals surface area contributed by atoms with Crippen LogP contribution in [0.15, 0.2) is 42.5 Å². The Bertz CT molecular complexity index is 698. The highest BCUT2D eigenvalue weighted by Gasteiger charge is 2.49. The molecule has 0 amide bonds. The quantitative estimate of drug-likeness (QED) is 0.751. The summed E-state index contributed by atoms with van der Waals surface area (Å²) < 4.78 is 6.06. The molecular formula is C19H22O2. The maximum absolute atomic E-state index is 12.9. The molecule has 1 atom stereocenters. The average Bonchev–Trinajstić information content (AvgIpc) is 2.65. The molecule has 1 heterocycles. The van der Waals surface area contributed by atoms with E-state index < -0.39 is 5.60 Å². The summed E-state index contributed by atoms with van der Waals surface area (Å²) in [6, 6.07) is 14.1. The molecule has 2 heteroatoms. The van der Waals surface area contributed by atoms with Gasteiger partial charge in [0.25, 0.3) is 0 Å². The minimum atomic E-state index is -0.410. The summed E-state index contributed by atoms with van der Waals surface area (Å²) in [5.41, 5.74) is 0.139. The zero-order valence-corrected chi connectivity index (χ0v) is 13.1. The van der Waals surface area contributed by atoms with Crippen LogP contribution in [0.2, 0.25) is 0 Å². The van der Waals surface area contributed by atoms with E-state index in [-0.39, 0.29) is 17.3 Å². The maximum atomic E-state index is 12.9. The van der Waals surface area contributed by atoms with Crippen LogP contribution in [-0.4, -0.2) is 17.0 Å². The SMILES string of the molecule is CC1(C)CC(C(=O)c2ccc3ccccc3c2)C(C)(C)O1. The number of Topliss-reactive ketones (excluding diaryl/α,β-unsaturated/α-hetero) is 1. The van der Waals surface area contributed by atoms with Gasteiger partial charge in [-0.15, -0.1) is 0 Å². The highest BCUT2D eigenvalue weighted by molar-refractivity contribution is 6.02. The van der Waals surface area contributed by atoms with Gasteiger partial charge in [-0.2, -0.15) is 0 Å². The van der Waals surface area contributed by atoms with Crippen molar-refractivity contribution in [3.8, 4) is 0 Å². The van der Waals surface area contributed by atoms with E-state index in [1.165, 1.54) is 0 Å². The predicted molar refractivity (Wildman–Crippen MR) is 85.6 cm³/mol. The molecular weight excluding hydrogens is 260 g/mol. The van der Waals surface area contributed by atoms with E-state index in [0.29, 0.717) is 0 Å². The van der Waals surface area contributed by atoms with Gasteiger partial charge in [0.1, 0.15) is 0 Å². The minimum Gasteiger partial charge on any atom is -0.369 e. The molecule has 2 aromatic rings. The van der Waals surface area contributed by atoms with E-state index in [4.69, 9.17) is 4.74 Å². The zero-order chi connectivity index (χ0) is 15.3. The second-order valence-electron chi connectivity index (χ2n) is 7.15. The molecule has 3 rings (SSSR count). The van der Waals surface area contributed by atoms with Gasteiger partial charge in [-0.05, 0) is 51.0 Å². The largest absolute Gasteiger partial charge is 0.369 e. The van der Waals surface area contributed by atoms with Crippen LogP contribution >= 0.6 is 0 Å². The predicted octanol–water partition coefficient (Wildman–Crippen LogP) is 4.62. The van der Waals surface area contributed by atoms with Gasteiger partial charge in [0, 0.05) is 5.56 Å². The summed E-state index contributed by atoms with van der Waals surface area (Å²) in [5, 5.41) is 2.27. The van der Waals surface area contributed by atoms with Crippen molar-refractivity contribution in [3.63, 3.8) is 0 Å². The van der Waals surface area contributed by atoms with E-state index in [9.17, 15) is 4.79 Å². The van der Waals surface area contributed by atoms with Gasteiger partial charge >= 0.3 is 0 Å². The molecule has 110 valence electrons. The third-order valence-electron chi connectivity index (χ3n) is 4.42. The summed E-state index contributed by atoms with van der Waals surface area (Å²) in [6.07, 6.45) is 0.770. The molecule has 0 radical (unpaired) electrons. The van der Waals surface area contributed by atoms with E-state index in [2.05, 4.69) is 19.9 Å². The third kappa shape index (κ3) is 2.60. The van der Waals surface area contributed by atoms with Crippen LogP contribution in [0.1, 0.15) is 44.5 Å². The Labute approximate surface area is 126 Å². The van der Waals surface area contributed by atoms with E-state index in [1.807, 2.05) is 50.2 Å². The van der Waals surface area contributed by atoms with Crippen molar-refractivity contribution in [1.29, 1.82) is 0 Å². The van der Waals surface area contributed by atoms with Gasteiger partial charge < -0.3 is 4.74 Å². The first-order valence-corrected chi connectivity index (χ1v) is 7.52. The first kappa shape index (κ1) is 14.3. The van der Waals surface area contributed by atoms with Gasteiger partial charge in [-0.3, -0.25) is 4.79 Å². The van der Waals surface area contributed by atoms with Gasteiger partial charge in [-0.25, -0.2) is 0 Å². The molecule has 1 aliphatic heterocycles. The third-order valence-corrected chi connectivity index (χ3v) is 4.42. The molecule has 2 aromatic carbocycles. The van der Waals surface area contributed by atoms with E-state index >= 15 is 0 Å². The van der Waals surface area contributed by atoms with Crippen molar-refractivity contribution in [2.24, 2.45) is 5.92 Å². The molecule has 1 unspecified atom stereocenters. The number of hydrogen-bond donors (Lipinski definition) is 0. The Morgan fingerprint density at radius 1 is 1.05 bits per heavy atom. The summed E-state index contributed by atoms with van der Waals surface area (Å²) in [5.74, 6) is 0.102. The molecule has 0 bridgehead atoms. The Hall–Kier alpha value is -1.67. The van der Waals surface area contributed by atoms with Gasteiger partial charge in [0.15, 0.2) is 5.78 Å². The van der Waals surface area contributed by atoms with Crippen LogP contribution in [0, 0.1) is 5.92 Å². The van der Waals surface area contributed by atoms with Gasteiger partial charge in [0.2, 0.25) is 0 Å². The van der Waals surface area contributed by atoms with Crippen LogP contribution in [-0.2, 0) is 4.74 Å². The molecule has 1 fully saturated rings. The van der Waals surface area contributed by atoms with E-state index in [0.717, 1.165) is 22.8 Å². The number of fused-ring (bicyclic) bond motifs is 1. The number of hydrogen-bond acceptors (Lipinski definition) is 2. The van der Waals surface area contributed by atoms with Crippen LogP contribution in [0.25, 0.3) is 10.8 Å². The Kier molecular flexibility index (Phi) is 3.18. The van der Waals surface area contributed by atoms with Crippen molar-refractivity contribution in [1.82, 2.24) is 0 Å². The lowest BCUT2D eigenvalue weighted by molar-refractivity contribution is -0.0712. The maximum Gasteiger partial charge on any atom is 0.168 e. The number of rotatable bonds is 2. The van der Waals surface area contributed by atoms with Crippen molar-refractivity contribution < 1.29 is 9.53 Å². The second kappa shape index (κ2) is 4.67. The average molecular weight is 282 g/mol. The fraction of sp³-hybridized carbons (Fsp3) is 0.421. The summed E-state index contributed by atoms with van der Waals surface area (Å²) in [6.45, 7) is 8.15. The number of carbonyl (C=O) groups is 1. The Morgan fingerprint density at radius 2 is 1.71 bits per heavy atom. The van der Waals surface area contributed by atoms with Crippen LogP contribution in [0.4, 0.5) is 0 Å². The Balaban J connectivity index is 1.97. The number of benzene rings is 2. The number of ketones is 1. The minimum absolute atomic E-state index is 0.0892. The zero-order valence-electron chi connectivity index (χ0n) is 13.1. The molecule has 1 aliphatic rings. The van der Waals surface area contributed by atoms with Crippen molar-refractivity contribution in [2.45, 2.75) is 45.3 Å². The number of ether oxygens (including phenoxy) is 1. The van der Waals surface area contributed by atoms with Gasteiger partial charge in [0.05, 0.1) is 17.1 Å². The molecule has 0 aromatic heterocycles. The van der Waals surface area contributed by atoms with Crippen molar-refractivity contribution in [3.05, 3.63) is 48.0 Å². The monoisotopic (exact) mass is 282 g/mol. The summed E-state index contributed by atoms with van der Waals surface area (Å²) >= 11 is 0. The molecule has 2 nitrogen and oxygen atoms in total. The standard InChI is InChI=1S/C19H22O2/c1-18(2)12-16(19(3,4)21-18)17(20)15-10-9-13-7-5-6-8-14(13)11-15/h5-11,16H,12H2,1-4H3. The van der Waals surface area contributed by atoms with Crippen LogP contribution in [0.5, 0.6) is 0 Å². The highest BCUT2D eigenvalue weighted by Crippen LogP contribution is 2.43. The summed E-state index contributed by atoms with van der Waals surface area (Å²) in [4.78, 5) is 12.9. The van der Waals surface area contributed by atoms with Crippen molar-refractivity contribution >= 4 is 16.6 Å². The van der Waals surface area contributed by atoms with E-state index in [1.54, 1.807) is 0 Å². The lowest BCUT2D eigenvalue weighted by Crippen LogP contribution is -2.33. The first-order valence-electron chi connectivity index (χ1n) is 7.52. The molecule has 1 saturated heterocycles. The van der Waals surface area contributed by atoms with Crippen molar-refractivity contribution in [2.75, 3.05) is 0 Å². The Morgan fingerprint density at radius 3 is 2.33 bits per heavy atom. The smallest absolute Gasteiger partial charge is 0.168 e. The fourth-order valence-electron chi connectivity index (χ4n) is 3.51. The molecule has 0 saturated carbocycles. The first-order chi connectivity index (χ1) is 9.78. The molecule has 21 heavy (non-hydrogen) atoms. The second-order valence-corrected chi connectivity index (χ2v) is 7.15. The lowest BCUT2D eigenvalue weighted by Gasteiger charge is -2.26. The summed E-state index contributed by atoms with van der Waals surface area (Å²) in [7, 11) is 0. The molecule has 0 spiro atoms. The molecule has 0 aliphatic carbocycles. The lowest BCUT2D eigenvalue weighted by atomic mass is 9.81. The fourth-order valence-corrected chi connectivity index (χ4v) is 3.51. The molecule has 0 N–H and O–H groups in total. The highest BCUT2D eigenvalue weighted by atomic mass is 16.5. The normalized spacial score (nSPS) is 23.3. The number of carbonyl (C=O) groups excluding carboxylic acids is 1. The topological polar surface area (TPSA) is 26.3 Å². The van der Waals surface area contributed by atoms with Crippen LogP contribution in [0.3, 0.4) is 0 Å².